The third-order valence-corrected chi connectivity index (χ3v) is 3.79. The molecule has 1 heterocycles. The summed E-state index contributed by atoms with van der Waals surface area (Å²) in [5.41, 5.74) is 2.69. The van der Waals surface area contributed by atoms with Gasteiger partial charge in [0.15, 0.2) is 0 Å². The highest BCUT2D eigenvalue weighted by Gasteiger charge is 2.16. The first-order chi connectivity index (χ1) is 11.7. The minimum absolute atomic E-state index is 0.0810. The fourth-order valence-electron chi connectivity index (χ4n) is 2.39. The highest BCUT2D eigenvalue weighted by molar-refractivity contribution is 5.75. The lowest BCUT2D eigenvalue weighted by atomic mass is 10.2. The fraction of sp³-hybridized carbons (Fsp3) is 0.200. The molecule has 0 saturated carbocycles. The lowest BCUT2D eigenvalue weighted by Gasteiger charge is -2.04. The molecule has 0 N–H and O–H groups in total. The first-order valence-electron chi connectivity index (χ1n) is 7.97. The largest absolute Gasteiger partial charge is 0.441 e. The van der Waals surface area contributed by atoms with Crippen molar-refractivity contribution in [2.45, 2.75) is 26.7 Å². The third-order valence-electron chi connectivity index (χ3n) is 3.79. The fourth-order valence-corrected chi connectivity index (χ4v) is 2.39. The van der Waals surface area contributed by atoms with Crippen molar-refractivity contribution < 1.29 is 13.9 Å². The Kier molecular flexibility index (Phi) is 4.75. The standard InChI is InChI=1S/C20H19NO3/c1-3-15-9-11-17(12-10-15)24-19(22)13-18-14(2)23-20(21-18)16-7-5-4-6-8-16/h4-12H,3,13H2,1-2H3. The van der Waals surface area contributed by atoms with Crippen LogP contribution < -0.4 is 4.74 Å². The van der Waals surface area contributed by atoms with Crippen LogP contribution in [0.3, 0.4) is 0 Å². The molecule has 0 bridgehead atoms. The molecule has 0 spiro atoms. The molecule has 0 aliphatic heterocycles. The number of ether oxygens (including phenoxy) is 1. The number of nitrogens with zero attached hydrogens (tertiary/aromatic N) is 1. The SMILES string of the molecule is CCc1ccc(OC(=O)Cc2nc(-c3ccccc3)oc2C)cc1. The molecular formula is C20H19NO3. The van der Waals surface area contributed by atoms with Crippen LogP contribution in [0.1, 0.15) is 23.9 Å². The van der Waals surface area contributed by atoms with E-state index in [0.29, 0.717) is 23.1 Å². The third kappa shape index (κ3) is 3.71. The summed E-state index contributed by atoms with van der Waals surface area (Å²) >= 11 is 0. The summed E-state index contributed by atoms with van der Waals surface area (Å²) in [6, 6.07) is 17.1. The molecule has 4 heteroatoms. The van der Waals surface area contributed by atoms with Crippen LogP contribution in [0.4, 0.5) is 0 Å². The Morgan fingerprint density at radius 2 is 1.79 bits per heavy atom. The van der Waals surface area contributed by atoms with Crippen molar-refractivity contribution in [3.8, 4) is 17.2 Å². The first-order valence-corrected chi connectivity index (χ1v) is 7.97. The van der Waals surface area contributed by atoms with Gasteiger partial charge in [-0.3, -0.25) is 4.79 Å². The molecule has 4 nitrogen and oxygen atoms in total. The molecule has 0 aliphatic carbocycles. The molecule has 0 saturated heterocycles. The number of benzene rings is 2. The van der Waals surface area contributed by atoms with Gasteiger partial charge in [-0.15, -0.1) is 0 Å². The molecule has 0 unspecified atom stereocenters. The Hall–Kier alpha value is -2.88. The Bertz CT molecular complexity index is 820. The Labute approximate surface area is 141 Å². The van der Waals surface area contributed by atoms with Crippen molar-refractivity contribution in [2.24, 2.45) is 0 Å². The second-order valence-corrected chi connectivity index (χ2v) is 5.54. The maximum Gasteiger partial charge on any atom is 0.317 e. The predicted octanol–water partition coefficient (Wildman–Crippen LogP) is 4.36. The molecule has 2 aromatic carbocycles. The van der Waals surface area contributed by atoms with Crippen LogP contribution in [0, 0.1) is 6.92 Å². The first kappa shape index (κ1) is 16.0. The summed E-state index contributed by atoms with van der Waals surface area (Å²) in [6.07, 6.45) is 1.03. The maximum absolute atomic E-state index is 12.1. The summed E-state index contributed by atoms with van der Waals surface area (Å²) in [5.74, 6) is 1.34. The Morgan fingerprint density at radius 1 is 1.08 bits per heavy atom. The van der Waals surface area contributed by atoms with Crippen LogP contribution >= 0.6 is 0 Å². The molecule has 0 radical (unpaired) electrons. The Morgan fingerprint density at radius 3 is 2.46 bits per heavy atom. The van der Waals surface area contributed by atoms with Crippen molar-refractivity contribution in [2.75, 3.05) is 0 Å². The van der Waals surface area contributed by atoms with Gasteiger partial charge < -0.3 is 9.15 Å². The normalized spacial score (nSPS) is 10.6. The number of rotatable bonds is 5. The number of hydrogen-bond acceptors (Lipinski definition) is 4. The molecule has 3 aromatic rings. The zero-order chi connectivity index (χ0) is 16.9. The predicted molar refractivity (Wildman–Crippen MR) is 91.8 cm³/mol. The maximum atomic E-state index is 12.1. The van der Waals surface area contributed by atoms with E-state index < -0.39 is 0 Å². The number of oxazole rings is 1. The minimum Gasteiger partial charge on any atom is -0.441 e. The quantitative estimate of drug-likeness (QED) is 0.517. The van der Waals surface area contributed by atoms with Crippen molar-refractivity contribution in [1.29, 1.82) is 0 Å². The smallest absolute Gasteiger partial charge is 0.317 e. The molecule has 0 aliphatic rings. The van der Waals surface area contributed by atoms with E-state index in [9.17, 15) is 4.79 Å². The molecule has 24 heavy (non-hydrogen) atoms. The number of carbonyl (C=O) groups is 1. The number of esters is 1. The summed E-state index contributed by atoms with van der Waals surface area (Å²) in [5, 5.41) is 0. The van der Waals surface area contributed by atoms with Gasteiger partial charge in [-0.2, -0.15) is 0 Å². The second kappa shape index (κ2) is 7.13. The van der Waals surface area contributed by atoms with Crippen molar-refractivity contribution in [1.82, 2.24) is 4.98 Å². The van der Waals surface area contributed by atoms with Crippen LogP contribution in [0.5, 0.6) is 5.75 Å². The number of aromatic nitrogens is 1. The van der Waals surface area contributed by atoms with Crippen LogP contribution in [0.15, 0.2) is 59.0 Å². The number of aryl methyl sites for hydroxylation is 2. The van der Waals surface area contributed by atoms with E-state index in [1.165, 1.54) is 5.56 Å². The molecule has 1 aromatic heterocycles. The van der Waals surface area contributed by atoms with Crippen LogP contribution in [0.25, 0.3) is 11.5 Å². The number of hydrogen-bond donors (Lipinski definition) is 0. The van der Waals surface area contributed by atoms with E-state index in [-0.39, 0.29) is 12.4 Å². The van der Waals surface area contributed by atoms with Crippen LogP contribution in [-0.2, 0) is 17.6 Å². The van der Waals surface area contributed by atoms with Gasteiger partial charge in [-0.05, 0) is 43.2 Å². The lowest BCUT2D eigenvalue weighted by molar-refractivity contribution is -0.133. The summed E-state index contributed by atoms with van der Waals surface area (Å²) in [6.45, 7) is 3.89. The van der Waals surface area contributed by atoms with Crippen molar-refractivity contribution in [3.05, 3.63) is 71.6 Å². The highest BCUT2D eigenvalue weighted by atomic mass is 16.5. The molecular weight excluding hydrogens is 302 g/mol. The summed E-state index contributed by atoms with van der Waals surface area (Å²) in [7, 11) is 0. The van der Waals surface area contributed by atoms with Gasteiger partial charge in [0.25, 0.3) is 0 Å². The molecule has 0 atom stereocenters. The summed E-state index contributed by atoms with van der Waals surface area (Å²) < 4.78 is 11.0. The average molecular weight is 321 g/mol. The van der Waals surface area contributed by atoms with E-state index in [1.807, 2.05) is 54.6 Å². The van der Waals surface area contributed by atoms with E-state index in [1.54, 1.807) is 6.92 Å². The van der Waals surface area contributed by atoms with Gasteiger partial charge in [-0.1, -0.05) is 37.3 Å². The van der Waals surface area contributed by atoms with Crippen molar-refractivity contribution in [3.63, 3.8) is 0 Å². The van der Waals surface area contributed by atoms with E-state index in [4.69, 9.17) is 9.15 Å². The topological polar surface area (TPSA) is 52.3 Å². The van der Waals surface area contributed by atoms with Gasteiger partial charge in [0.1, 0.15) is 11.5 Å². The Balaban J connectivity index is 1.69. The molecule has 3 rings (SSSR count). The highest BCUT2D eigenvalue weighted by Crippen LogP contribution is 2.22. The van der Waals surface area contributed by atoms with Gasteiger partial charge in [-0.25, -0.2) is 4.98 Å². The summed E-state index contributed by atoms with van der Waals surface area (Å²) in [4.78, 5) is 16.6. The number of carbonyl (C=O) groups excluding carboxylic acids is 1. The lowest BCUT2D eigenvalue weighted by Crippen LogP contribution is -2.12. The zero-order valence-corrected chi connectivity index (χ0v) is 13.8. The average Bonchev–Trinajstić information content (AvgIpc) is 2.97. The second-order valence-electron chi connectivity index (χ2n) is 5.54. The van der Waals surface area contributed by atoms with Crippen molar-refractivity contribution >= 4 is 5.97 Å². The van der Waals surface area contributed by atoms with Gasteiger partial charge in [0.05, 0.1) is 12.1 Å². The van der Waals surface area contributed by atoms with E-state index in [0.717, 1.165) is 12.0 Å². The van der Waals surface area contributed by atoms with Gasteiger partial charge in [0, 0.05) is 5.56 Å². The minimum atomic E-state index is -0.352. The van der Waals surface area contributed by atoms with Gasteiger partial charge in [0.2, 0.25) is 5.89 Å². The van der Waals surface area contributed by atoms with Gasteiger partial charge >= 0.3 is 5.97 Å². The molecule has 0 fully saturated rings. The molecule has 122 valence electrons. The van der Waals surface area contributed by atoms with Crippen LogP contribution in [0.2, 0.25) is 0 Å². The zero-order valence-electron chi connectivity index (χ0n) is 13.8. The van der Waals surface area contributed by atoms with E-state index in [2.05, 4.69) is 11.9 Å². The monoisotopic (exact) mass is 321 g/mol. The van der Waals surface area contributed by atoms with Crippen LogP contribution in [-0.4, -0.2) is 11.0 Å². The van der Waals surface area contributed by atoms with E-state index >= 15 is 0 Å². The molecule has 0 amide bonds.